The maximum absolute atomic E-state index is 8.66. The summed E-state index contributed by atoms with van der Waals surface area (Å²) in [7, 11) is 0. The fourth-order valence-electron chi connectivity index (χ4n) is 0.926. The van der Waals surface area contributed by atoms with E-state index in [0.29, 0.717) is 11.1 Å². The van der Waals surface area contributed by atoms with Crippen LogP contribution in [0.15, 0.2) is 5.16 Å². The van der Waals surface area contributed by atoms with E-state index in [-0.39, 0.29) is 5.25 Å². The van der Waals surface area contributed by atoms with E-state index in [1.165, 1.54) is 11.8 Å². The smallest absolute Gasteiger partial charge is 0.210 e. The highest BCUT2D eigenvalue weighted by molar-refractivity contribution is 8.00. The third-order valence-electron chi connectivity index (χ3n) is 1.50. The Kier molecular flexibility index (Phi) is 3.89. The van der Waals surface area contributed by atoms with Crippen molar-refractivity contribution in [1.82, 2.24) is 20.2 Å². The zero-order valence-corrected chi connectivity index (χ0v) is 9.32. The predicted octanol–water partition coefficient (Wildman–Crippen LogP) is 1.33. The van der Waals surface area contributed by atoms with Gasteiger partial charge in [0.1, 0.15) is 0 Å². The number of thioether (sulfide) groups is 1. The van der Waals surface area contributed by atoms with Crippen LogP contribution in [0.25, 0.3) is 0 Å². The fourth-order valence-corrected chi connectivity index (χ4v) is 1.61. The van der Waals surface area contributed by atoms with Crippen molar-refractivity contribution in [2.24, 2.45) is 5.92 Å². The molecule has 5 nitrogen and oxygen atoms in total. The van der Waals surface area contributed by atoms with Crippen molar-refractivity contribution in [2.75, 3.05) is 0 Å². The maximum atomic E-state index is 8.66. The number of tetrazole rings is 1. The molecular formula is C8H13N5S. The van der Waals surface area contributed by atoms with Crippen LogP contribution in [-0.2, 0) is 6.54 Å². The van der Waals surface area contributed by atoms with E-state index in [0.717, 1.165) is 6.54 Å². The van der Waals surface area contributed by atoms with Crippen LogP contribution in [0.3, 0.4) is 0 Å². The van der Waals surface area contributed by atoms with Crippen LogP contribution < -0.4 is 0 Å². The summed E-state index contributed by atoms with van der Waals surface area (Å²) in [6.45, 7) is 6.82. The Bertz CT molecular complexity index is 327. The first-order valence-corrected chi connectivity index (χ1v) is 5.34. The molecule has 0 aromatic carbocycles. The Morgan fingerprint density at radius 2 is 2.21 bits per heavy atom. The number of aromatic nitrogens is 4. The molecule has 0 unspecified atom stereocenters. The van der Waals surface area contributed by atoms with Crippen molar-refractivity contribution >= 4 is 11.8 Å². The van der Waals surface area contributed by atoms with Crippen LogP contribution in [0.1, 0.15) is 20.8 Å². The Morgan fingerprint density at radius 3 is 2.79 bits per heavy atom. The molecule has 1 rings (SSSR count). The molecule has 6 heteroatoms. The molecule has 76 valence electrons. The molecule has 0 N–H and O–H groups in total. The lowest BCUT2D eigenvalue weighted by Crippen LogP contribution is -2.08. The third kappa shape index (κ3) is 3.00. The molecule has 0 aliphatic rings. The molecule has 0 bridgehead atoms. The molecule has 0 aliphatic carbocycles. The molecule has 1 aromatic rings. The maximum Gasteiger partial charge on any atom is 0.210 e. The van der Waals surface area contributed by atoms with Gasteiger partial charge in [-0.1, -0.05) is 25.6 Å². The van der Waals surface area contributed by atoms with Gasteiger partial charge in [-0.05, 0) is 23.3 Å². The average Bonchev–Trinajstić information content (AvgIpc) is 2.52. The van der Waals surface area contributed by atoms with Gasteiger partial charge in [-0.15, -0.1) is 5.10 Å². The van der Waals surface area contributed by atoms with Gasteiger partial charge in [-0.2, -0.15) is 5.26 Å². The largest absolute Gasteiger partial charge is 0.220 e. The Morgan fingerprint density at radius 1 is 1.50 bits per heavy atom. The SMILES string of the molecule is CC(C)Cn1nnnc1S[C@H](C)C#N. The van der Waals surface area contributed by atoms with E-state index in [2.05, 4.69) is 35.4 Å². The van der Waals surface area contributed by atoms with Crippen LogP contribution in [-0.4, -0.2) is 25.5 Å². The highest BCUT2D eigenvalue weighted by Crippen LogP contribution is 2.19. The molecule has 1 atom stereocenters. The van der Waals surface area contributed by atoms with Gasteiger partial charge in [-0.3, -0.25) is 0 Å². The van der Waals surface area contributed by atoms with E-state index in [1.807, 2.05) is 6.92 Å². The number of hydrogen-bond acceptors (Lipinski definition) is 5. The molecule has 1 heterocycles. The highest BCUT2D eigenvalue weighted by Gasteiger charge is 2.11. The summed E-state index contributed by atoms with van der Waals surface area (Å²) in [5, 5.41) is 20.6. The zero-order chi connectivity index (χ0) is 10.6. The number of hydrogen-bond donors (Lipinski definition) is 0. The summed E-state index contributed by atoms with van der Waals surface area (Å²) in [4.78, 5) is 0. The van der Waals surface area contributed by atoms with E-state index < -0.39 is 0 Å². The van der Waals surface area contributed by atoms with Crippen molar-refractivity contribution in [3.63, 3.8) is 0 Å². The second kappa shape index (κ2) is 4.96. The summed E-state index contributed by atoms with van der Waals surface area (Å²) in [5.74, 6) is 0.496. The molecule has 0 saturated heterocycles. The minimum absolute atomic E-state index is 0.119. The van der Waals surface area contributed by atoms with Gasteiger partial charge in [0.05, 0.1) is 11.3 Å². The van der Waals surface area contributed by atoms with Crippen molar-refractivity contribution in [3.05, 3.63) is 0 Å². The zero-order valence-electron chi connectivity index (χ0n) is 8.51. The van der Waals surface area contributed by atoms with Gasteiger partial charge in [0, 0.05) is 6.54 Å². The van der Waals surface area contributed by atoms with Crippen molar-refractivity contribution in [2.45, 2.75) is 37.7 Å². The quantitative estimate of drug-likeness (QED) is 0.703. The topological polar surface area (TPSA) is 67.4 Å². The lowest BCUT2D eigenvalue weighted by atomic mass is 10.2. The number of nitriles is 1. The van der Waals surface area contributed by atoms with Gasteiger partial charge in [0.2, 0.25) is 5.16 Å². The van der Waals surface area contributed by atoms with Gasteiger partial charge < -0.3 is 0 Å². The molecule has 0 aliphatic heterocycles. The minimum Gasteiger partial charge on any atom is -0.220 e. The van der Waals surface area contributed by atoms with Crippen LogP contribution in [0.4, 0.5) is 0 Å². The third-order valence-corrected chi connectivity index (χ3v) is 2.46. The van der Waals surface area contributed by atoms with Gasteiger partial charge >= 0.3 is 0 Å². The van der Waals surface area contributed by atoms with Gasteiger partial charge in [0.25, 0.3) is 0 Å². The Hall–Kier alpha value is -1.09. The number of nitrogens with zero attached hydrogens (tertiary/aromatic N) is 5. The van der Waals surface area contributed by atoms with E-state index in [4.69, 9.17) is 5.26 Å². The first kappa shape index (κ1) is 11.0. The van der Waals surface area contributed by atoms with Crippen LogP contribution in [0, 0.1) is 17.2 Å². The highest BCUT2D eigenvalue weighted by atomic mass is 32.2. The second-order valence-electron chi connectivity index (χ2n) is 3.43. The Labute approximate surface area is 87.5 Å². The predicted molar refractivity (Wildman–Crippen MR) is 53.6 cm³/mol. The standard InChI is InChI=1S/C8H13N5S/c1-6(2)5-13-8(10-11-12-13)14-7(3)4-9/h6-7H,5H2,1-3H3/t7-/m1/s1. The first-order valence-electron chi connectivity index (χ1n) is 4.46. The van der Waals surface area contributed by atoms with Crippen LogP contribution in [0.2, 0.25) is 0 Å². The lowest BCUT2D eigenvalue weighted by Gasteiger charge is -2.06. The monoisotopic (exact) mass is 211 g/mol. The molecule has 0 amide bonds. The van der Waals surface area contributed by atoms with Gasteiger partial charge in [-0.25, -0.2) is 4.68 Å². The number of rotatable bonds is 4. The van der Waals surface area contributed by atoms with Gasteiger partial charge in [0.15, 0.2) is 0 Å². The summed E-state index contributed by atoms with van der Waals surface area (Å²) < 4.78 is 1.74. The fraction of sp³-hybridized carbons (Fsp3) is 0.750. The molecule has 0 fully saturated rings. The molecular weight excluding hydrogens is 198 g/mol. The molecule has 0 radical (unpaired) electrons. The summed E-state index contributed by atoms with van der Waals surface area (Å²) >= 11 is 1.38. The summed E-state index contributed by atoms with van der Waals surface area (Å²) in [5.41, 5.74) is 0. The Balaban J connectivity index is 2.68. The molecule has 14 heavy (non-hydrogen) atoms. The van der Waals surface area contributed by atoms with E-state index >= 15 is 0 Å². The van der Waals surface area contributed by atoms with E-state index in [1.54, 1.807) is 4.68 Å². The van der Waals surface area contributed by atoms with Crippen molar-refractivity contribution in [1.29, 1.82) is 5.26 Å². The van der Waals surface area contributed by atoms with Crippen LogP contribution >= 0.6 is 11.8 Å². The molecule has 0 spiro atoms. The molecule has 0 saturated carbocycles. The summed E-state index contributed by atoms with van der Waals surface area (Å²) in [6, 6.07) is 2.14. The van der Waals surface area contributed by atoms with Crippen molar-refractivity contribution < 1.29 is 0 Å². The molecule has 1 aromatic heterocycles. The lowest BCUT2D eigenvalue weighted by molar-refractivity contribution is 0.445. The first-order chi connectivity index (χ1) is 6.63. The minimum atomic E-state index is -0.119. The summed E-state index contributed by atoms with van der Waals surface area (Å²) in [6.07, 6.45) is 0. The van der Waals surface area contributed by atoms with Crippen LogP contribution in [0.5, 0.6) is 0 Å². The second-order valence-corrected chi connectivity index (χ2v) is 4.73. The van der Waals surface area contributed by atoms with E-state index in [9.17, 15) is 0 Å². The normalized spacial score (nSPS) is 12.8. The average molecular weight is 211 g/mol. The van der Waals surface area contributed by atoms with Crippen molar-refractivity contribution in [3.8, 4) is 6.07 Å².